The van der Waals surface area contributed by atoms with Gasteiger partial charge in [-0.3, -0.25) is 4.79 Å². The fraction of sp³-hybridized carbons (Fsp3) is 0.350. The van der Waals surface area contributed by atoms with Gasteiger partial charge in [-0.2, -0.15) is 0 Å². The molecule has 1 saturated heterocycles. The van der Waals surface area contributed by atoms with Crippen molar-refractivity contribution in [1.82, 2.24) is 10.6 Å². The number of hydrogen-bond acceptors (Lipinski definition) is 3. The largest absolute Gasteiger partial charge is 0.352 e. The maximum absolute atomic E-state index is 13.6. The summed E-state index contributed by atoms with van der Waals surface area (Å²) in [5, 5.41) is 5.97. The van der Waals surface area contributed by atoms with E-state index < -0.39 is 16.9 Å². The van der Waals surface area contributed by atoms with Gasteiger partial charge in [0.2, 0.25) is 5.91 Å². The number of carbonyl (C=O) groups is 1. The van der Waals surface area contributed by atoms with Crippen LogP contribution in [-0.2, 0) is 4.79 Å². The Kier molecular flexibility index (Phi) is 6.27. The highest BCUT2D eigenvalue weighted by atomic mass is 32.2. The first-order valence-electron chi connectivity index (χ1n) is 8.73. The fourth-order valence-electron chi connectivity index (χ4n) is 3.13. The zero-order chi connectivity index (χ0) is 18.5. The zero-order valence-electron chi connectivity index (χ0n) is 14.5. The van der Waals surface area contributed by atoms with Crippen LogP contribution in [0.2, 0.25) is 0 Å². The summed E-state index contributed by atoms with van der Waals surface area (Å²) in [7, 11) is 0. The molecule has 3 atom stereocenters. The molecular formula is C20H22F2N2OS. The number of rotatable bonds is 5. The molecule has 0 aromatic heterocycles. The number of piperidine rings is 1. The number of nitrogens with one attached hydrogen (secondary N) is 2. The number of halogens is 2. The quantitative estimate of drug-likeness (QED) is 0.774. The van der Waals surface area contributed by atoms with Crippen LogP contribution >= 0.6 is 11.8 Å². The van der Waals surface area contributed by atoms with Gasteiger partial charge in [0.15, 0.2) is 11.6 Å². The topological polar surface area (TPSA) is 41.1 Å². The standard InChI is InChI=1S/C20H22F2N2OS/c1-13-11-15(9-10-23-13)24-20(25)19(14-5-3-2-4-6-14)26-16-7-8-17(21)18(22)12-16/h2-8,12-13,15,19,23H,9-11H2,1H3,(H,24,25). The van der Waals surface area contributed by atoms with Crippen LogP contribution in [0.1, 0.15) is 30.6 Å². The van der Waals surface area contributed by atoms with Gasteiger partial charge in [-0.15, -0.1) is 11.8 Å². The first kappa shape index (κ1) is 18.9. The highest BCUT2D eigenvalue weighted by Gasteiger charge is 2.26. The third-order valence-corrected chi connectivity index (χ3v) is 5.70. The molecule has 3 nitrogen and oxygen atoms in total. The van der Waals surface area contributed by atoms with Crippen LogP contribution in [0.4, 0.5) is 8.78 Å². The second kappa shape index (κ2) is 8.64. The molecule has 6 heteroatoms. The molecular weight excluding hydrogens is 354 g/mol. The van der Waals surface area contributed by atoms with E-state index in [0.29, 0.717) is 10.9 Å². The molecule has 0 spiro atoms. The predicted octanol–water partition coefficient (Wildman–Crippen LogP) is 4.05. The van der Waals surface area contributed by atoms with Gasteiger partial charge in [-0.25, -0.2) is 8.78 Å². The van der Waals surface area contributed by atoms with Crippen molar-refractivity contribution >= 4 is 17.7 Å². The molecule has 1 aliphatic rings. The first-order valence-corrected chi connectivity index (χ1v) is 9.61. The molecule has 0 radical (unpaired) electrons. The van der Waals surface area contributed by atoms with Crippen LogP contribution in [0.5, 0.6) is 0 Å². The van der Waals surface area contributed by atoms with Gasteiger partial charge >= 0.3 is 0 Å². The molecule has 0 aliphatic carbocycles. The molecule has 0 saturated carbocycles. The summed E-state index contributed by atoms with van der Waals surface area (Å²) in [6.07, 6.45) is 1.76. The minimum atomic E-state index is -0.908. The minimum Gasteiger partial charge on any atom is -0.352 e. The third kappa shape index (κ3) is 4.83. The second-order valence-electron chi connectivity index (χ2n) is 6.57. The molecule has 138 valence electrons. The molecule has 3 unspecified atom stereocenters. The Morgan fingerprint density at radius 2 is 1.96 bits per heavy atom. The van der Waals surface area contributed by atoms with E-state index in [0.717, 1.165) is 37.1 Å². The number of carbonyl (C=O) groups excluding carboxylic acids is 1. The van der Waals surface area contributed by atoms with Crippen LogP contribution in [0, 0.1) is 11.6 Å². The normalized spacial score (nSPS) is 21.2. The fourth-order valence-corrected chi connectivity index (χ4v) is 4.19. The molecule has 1 fully saturated rings. The summed E-state index contributed by atoms with van der Waals surface area (Å²) in [4.78, 5) is 13.5. The number of thioether (sulfide) groups is 1. The maximum Gasteiger partial charge on any atom is 0.238 e. The Hall–Kier alpha value is -1.92. The lowest BCUT2D eigenvalue weighted by Gasteiger charge is -2.30. The Bertz CT molecular complexity index is 757. The van der Waals surface area contributed by atoms with Crippen molar-refractivity contribution in [2.24, 2.45) is 0 Å². The highest BCUT2D eigenvalue weighted by Crippen LogP contribution is 2.36. The van der Waals surface area contributed by atoms with Crippen molar-refractivity contribution in [3.8, 4) is 0 Å². The van der Waals surface area contributed by atoms with E-state index in [-0.39, 0.29) is 11.9 Å². The monoisotopic (exact) mass is 376 g/mol. The molecule has 3 rings (SSSR count). The lowest BCUT2D eigenvalue weighted by atomic mass is 10.00. The zero-order valence-corrected chi connectivity index (χ0v) is 15.4. The van der Waals surface area contributed by atoms with E-state index in [1.165, 1.54) is 17.8 Å². The molecule has 1 aliphatic heterocycles. The Labute approximate surface area is 156 Å². The molecule has 2 aromatic carbocycles. The number of benzene rings is 2. The van der Waals surface area contributed by atoms with E-state index in [9.17, 15) is 13.6 Å². The van der Waals surface area contributed by atoms with Gasteiger partial charge in [-0.1, -0.05) is 30.3 Å². The van der Waals surface area contributed by atoms with Gasteiger partial charge in [0.1, 0.15) is 5.25 Å². The predicted molar refractivity (Wildman–Crippen MR) is 100 cm³/mol. The van der Waals surface area contributed by atoms with Crippen LogP contribution < -0.4 is 10.6 Å². The highest BCUT2D eigenvalue weighted by molar-refractivity contribution is 8.00. The summed E-state index contributed by atoms with van der Waals surface area (Å²) < 4.78 is 26.7. The van der Waals surface area contributed by atoms with E-state index in [1.807, 2.05) is 30.3 Å². The van der Waals surface area contributed by atoms with E-state index in [2.05, 4.69) is 17.6 Å². The number of amides is 1. The van der Waals surface area contributed by atoms with Gasteiger partial charge in [0.25, 0.3) is 0 Å². The maximum atomic E-state index is 13.6. The third-order valence-electron chi connectivity index (χ3n) is 4.46. The molecule has 26 heavy (non-hydrogen) atoms. The van der Waals surface area contributed by atoms with E-state index >= 15 is 0 Å². The van der Waals surface area contributed by atoms with Crippen molar-refractivity contribution in [3.05, 3.63) is 65.7 Å². The van der Waals surface area contributed by atoms with Gasteiger partial charge in [0, 0.05) is 17.0 Å². The lowest BCUT2D eigenvalue weighted by Crippen LogP contribution is -2.47. The van der Waals surface area contributed by atoms with Gasteiger partial charge < -0.3 is 10.6 Å². The smallest absolute Gasteiger partial charge is 0.238 e. The second-order valence-corrected chi connectivity index (χ2v) is 7.75. The Balaban J connectivity index is 1.78. The minimum absolute atomic E-state index is 0.106. The average Bonchev–Trinajstić information content (AvgIpc) is 2.63. The van der Waals surface area contributed by atoms with Crippen LogP contribution in [0.3, 0.4) is 0 Å². The number of hydrogen-bond donors (Lipinski definition) is 2. The van der Waals surface area contributed by atoms with Crippen molar-refractivity contribution in [1.29, 1.82) is 0 Å². The summed E-state index contributed by atoms with van der Waals surface area (Å²) in [5.41, 5.74) is 0.835. The van der Waals surface area contributed by atoms with Crippen molar-refractivity contribution in [2.75, 3.05) is 6.54 Å². The van der Waals surface area contributed by atoms with Gasteiger partial charge in [-0.05, 0) is 50.1 Å². The molecule has 0 bridgehead atoms. The Morgan fingerprint density at radius 1 is 1.19 bits per heavy atom. The molecule has 2 N–H and O–H groups in total. The van der Waals surface area contributed by atoms with Crippen LogP contribution in [-0.4, -0.2) is 24.5 Å². The van der Waals surface area contributed by atoms with Crippen molar-refractivity contribution in [2.45, 2.75) is 42.0 Å². The summed E-state index contributed by atoms with van der Waals surface area (Å²) in [6, 6.07) is 13.6. The van der Waals surface area contributed by atoms with E-state index in [1.54, 1.807) is 0 Å². The summed E-state index contributed by atoms with van der Waals surface area (Å²) >= 11 is 1.23. The summed E-state index contributed by atoms with van der Waals surface area (Å²) in [5.74, 6) is -1.90. The lowest BCUT2D eigenvalue weighted by molar-refractivity contribution is -0.121. The van der Waals surface area contributed by atoms with Gasteiger partial charge in [0.05, 0.1) is 0 Å². The molecule has 1 heterocycles. The Morgan fingerprint density at radius 3 is 2.65 bits per heavy atom. The van der Waals surface area contributed by atoms with Crippen LogP contribution in [0.25, 0.3) is 0 Å². The first-order chi connectivity index (χ1) is 12.5. The SMILES string of the molecule is CC1CC(NC(=O)C(Sc2ccc(F)c(F)c2)c2ccccc2)CCN1. The van der Waals surface area contributed by atoms with Crippen LogP contribution in [0.15, 0.2) is 53.4 Å². The van der Waals surface area contributed by atoms with Crippen molar-refractivity contribution in [3.63, 3.8) is 0 Å². The summed E-state index contributed by atoms with van der Waals surface area (Å²) in [6.45, 7) is 2.97. The van der Waals surface area contributed by atoms with Crippen molar-refractivity contribution < 1.29 is 13.6 Å². The molecule has 1 amide bonds. The molecule has 2 aromatic rings. The van der Waals surface area contributed by atoms with E-state index in [4.69, 9.17) is 0 Å². The average molecular weight is 376 g/mol.